The van der Waals surface area contributed by atoms with Gasteiger partial charge in [0, 0.05) is 37.8 Å². The molecule has 11 heteroatoms. The van der Waals surface area contributed by atoms with Crippen molar-refractivity contribution < 1.29 is 9.59 Å². The topological polar surface area (TPSA) is 125 Å². The number of nitrogens with zero attached hydrogens (tertiary/aromatic N) is 7. The molecule has 11 nitrogen and oxygen atoms in total. The number of pyridine rings is 1. The summed E-state index contributed by atoms with van der Waals surface area (Å²) < 4.78 is 4.93. The summed E-state index contributed by atoms with van der Waals surface area (Å²) >= 11 is 0. The molecule has 0 unspecified atom stereocenters. The van der Waals surface area contributed by atoms with Gasteiger partial charge in [-0.05, 0) is 32.9 Å². The second-order valence-corrected chi connectivity index (χ2v) is 8.76. The molecule has 188 valence electrons. The van der Waals surface area contributed by atoms with Gasteiger partial charge < -0.3 is 10.6 Å². The quantitative estimate of drug-likeness (QED) is 0.369. The minimum absolute atomic E-state index is 0.218. The molecule has 0 saturated heterocycles. The predicted octanol–water partition coefficient (Wildman–Crippen LogP) is 3.71. The summed E-state index contributed by atoms with van der Waals surface area (Å²) in [6.07, 6.45) is 4.97. The first-order valence-electron chi connectivity index (χ1n) is 11.8. The molecular formula is C26H27N9O2. The fourth-order valence-corrected chi connectivity index (χ4v) is 4.22. The minimum atomic E-state index is -0.408. The predicted molar refractivity (Wildman–Crippen MR) is 140 cm³/mol. The number of amides is 2. The lowest BCUT2D eigenvalue weighted by Gasteiger charge is -2.11. The van der Waals surface area contributed by atoms with Crippen molar-refractivity contribution in [1.82, 2.24) is 34.3 Å². The van der Waals surface area contributed by atoms with Gasteiger partial charge in [-0.2, -0.15) is 15.3 Å². The number of rotatable bonds is 6. The summed E-state index contributed by atoms with van der Waals surface area (Å²) in [5.41, 5.74) is 5.35. The summed E-state index contributed by atoms with van der Waals surface area (Å²) in [6, 6.07) is 9.23. The van der Waals surface area contributed by atoms with Gasteiger partial charge in [-0.3, -0.25) is 23.6 Å². The Labute approximate surface area is 213 Å². The second-order valence-electron chi connectivity index (χ2n) is 8.76. The lowest BCUT2D eigenvalue weighted by Crippen LogP contribution is -2.20. The van der Waals surface area contributed by atoms with Crippen LogP contribution in [0.5, 0.6) is 0 Å². The van der Waals surface area contributed by atoms with Crippen LogP contribution >= 0.6 is 0 Å². The molecule has 0 aliphatic rings. The molecule has 2 N–H and O–H groups in total. The number of carbonyl (C=O) groups excluding carboxylic acids is 2. The first-order chi connectivity index (χ1) is 17.8. The number of aryl methyl sites for hydroxylation is 4. The van der Waals surface area contributed by atoms with E-state index in [1.807, 2.05) is 55.9 Å². The maximum absolute atomic E-state index is 13.6. The van der Waals surface area contributed by atoms with Crippen LogP contribution in [0.15, 0.2) is 48.9 Å². The summed E-state index contributed by atoms with van der Waals surface area (Å²) in [5, 5.41) is 19.3. The van der Waals surface area contributed by atoms with Crippen LogP contribution in [0.1, 0.15) is 39.2 Å². The number of aromatic nitrogens is 7. The van der Waals surface area contributed by atoms with Gasteiger partial charge in [-0.15, -0.1) is 0 Å². The third kappa shape index (κ3) is 4.35. The molecule has 0 bridgehead atoms. The average molecular weight is 498 g/mol. The molecule has 0 aliphatic heterocycles. The van der Waals surface area contributed by atoms with Crippen molar-refractivity contribution in [2.75, 3.05) is 10.6 Å². The minimum Gasteiger partial charge on any atom is -0.319 e. The SMILES string of the molecule is CCn1cc(-c2cc(C(=O)Nc3cnn(C)c3C(=O)Nc3cnn(C)c3C)c3ccccc3n2)c(C)n1. The number of nitrogens with one attached hydrogen (secondary N) is 2. The van der Waals surface area contributed by atoms with Gasteiger partial charge >= 0.3 is 0 Å². The van der Waals surface area contributed by atoms with Crippen molar-refractivity contribution >= 4 is 34.1 Å². The van der Waals surface area contributed by atoms with E-state index in [0.29, 0.717) is 33.5 Å². The van der Waals surface area contributed by atoms with E-state index in [1.54, 1.807) is 31.0 Å². The molecule has 2 amide bonds. The fourth-order valence-electron chi connectivity index (χ4n) is 4.22. The van der Waals surface area contributed by atoms with E-state index >= 15 is 0 Å². The highest BCUT2D eigenvalue weighted by molar-refractivity contribution is 6.16. The molecule has 4 aromatic heterocycles. The van der Waals surface area contributed by atoms with E-state index in [-0.39, 0.29) is 11.6 Å². The van der Waals surface area contributed by atoms with E-state index in [4.69, 9.17) is 4.98 Å². The Bertz CT molecular complexity index is 1660. The smallest absolute Gasteiger partial charge is 0.276 e. The van der Waals surface area contributed by atoms with Gasteiger partial charge in [0.05, 0.1) is 51.9 Å². The van der Waals surface area contributed by atoms with Gasteiger partial charge in [0.2, 0.25) is 0 Å². The lowest BCUT2D eigenvalue weighted by molar-refractivity contribution is 0.101. The van der Waals surface area contributed by atoms with Crippen molar-refractivity contribution in [1.29, 1.82) is 0 Å². The molecule has 0 radical (unpaired) electrons. The Morgan fingerprint density at radius 3 is 2.35 bits per heavy atom. The Kier molecular flexibility index (Phi) is 6.04. The summed E-state index contributed by atoms with van der Waals surface area (Å²) in [6.45, 7) is 6.52. The van der Waals surface area contributed by atoms with Crippen molar-refractivity contribution in [2.24, 2.45) is 14.1 Å². The molecule has 0 aliphatic carbocycles. The highest BCUT2D eigenvalue weighted by Gasteiger charge is 2.22. The summed E-state index contributed by atoms with van der Waals surface area (Å²) in [5.74, 6) is -0.783. The van der Waals surface area contributed by atoms with Crippen molar-refractivity contribution in [3.05, 3.63) is 71.6 Å². The number of para-hydroxylation sites is 1. The van der Waals surface area contributed by atoms with Crippen LogP contribution in [0.4, 0.5) is 11.4 Å². The number of fused-ring (bicyclic) bond motifs is 1. The van der Waals surface area contributed by atoms with Crippen LogP contribution in [0.2, 0.25) is 0 Å². The zero-order valence-corrected chi connectivity index (χ0v) is 21.3. The molecule has 0 saturated carbocycles. The van der Waals surface area contributed by atoms with Crippen LogP contribution in [-0.2, 0) is 20.6 Å². The van der Waals surface area contributed by atoms with Gasteiger partial charge in [-0.1, -0.05) is 18.2 Å². The molecule has 4 heterocycles. The van der Waals surface area contributed by atoms with Gasteiger partial charge in [0.15, 0.2) is 0 Å². The number of carbonyl (C=O) groups is 2. The molecule has 5 rings (SSSR count). The molecular weight excluding hydrogens is 470 g/mol. The van der Waals surface area contributed by atoms with Crippen molar-refractivity contribution in [3.63, 3.8) is 0 Å². The maximum atomic E-state index is 13.6. The lowest BCUT2D eigenvalue weighted by atomic mass is 10.0. The van der Waals surface area contributed by atoms with Crippen LogP contribution in [-0.4, -0.2) is 46.1 Å². The van der Waals surface area contributed by atoms with Gasteiger partial charge in [0.1, 0.15) is 5.69 Å². The van der Waals surface area contributed by atoms with E-state index in [1.165, 1.54) is 10.9 Å². The number of benzene rings is 1. The zero-order chi connectivity index (χ0) is 26.3. The molecule has 0 fully saturated rings. The third-order valence-corrected chi connectivity index (χ3v) is 6.39. The second kappa shape index (κ2) is 9.34. The van der Waals surface area contributed by atoms with E-state index < -0.39 is 5.91 Å². The third-order valence-electron chi connectivity index (χ3n) is 6.39. The highest BCUT2D eigenvalue weighted by Crippen LogP contribution is 2.28. The molecule has 0 atom stereocenters. The van der Waals surface area contributed by atoms with Crippen molar-refractivity contribution in [3.8, 4) is 11.3 Å². The normalized spacial score (nSPS) is 11.2. The number of hydrogen-bond donors (Lipinski definition) is 2. The monoisotopic (exact) mass is 497 g/mol. The van der Waals surface area contributed by atoms with Crippen LogP contribution < -0.4 is 10.6 Å². The molecule has 0 spiro atoms. The highest BCUT2D eigenvalue weighted by atomic mass is 16.2. The Hall–Kier alpha value is -4.80. The standard InChI is InChI=1S/C26H27N9O2/c1-6-35-14-19(15(2)32-35)21-11-18(17-9-7-8-10-20(17)29-21)25(36)31-23-13-28-34(5)24(23)26(37)30-22-12-27-33(4)16(22)3/h7-14H,6H2,1-5H3,(H,30,37)(H,31,36). The molecule has 5 aromatic rings. The van der Waals surface area contributed by atoms with E-state index in [9.17, 15) is 9.59 Å². The van der Waals surface area contributed by atoms with Crippen molar-refractivity contribution in [2.45, 2.75) is 27.3 Å². The van der Waals surface area contributed by atoms with E-state index in [2.05, 4.69) is 25.9 Å². The summed E-state index contributed by atoms with van der Waals surface area (Å²) in [4.78, 5) is 31.5. The fraction of sp³-hybridized carbons (Fsp3) is 0.231. The Morgan fingerprint density at radius 2 is 1.65 bits per heavy atom. The van der Waals surface area contributed by atoms with Crippen LogP contribution in [0.3, 0.4) is 0 Å². The first-order valence-corrected chi connectivity index (χ1v) is 11.8. The molecule has 37 heavy (non-hydrogen) atoms. The van der Waals surface area contributed by atoms with Gasteiger partial charge in [0.25, 0.3) is 11.8 Å². The summed E-state index contributed by atoms with van der Waals surface area (Å²) in [7, 11) is 3.44. The van der Waals surface area contributed by atoms with E-state index in [0.717, 1.165) is 23.5 Å². The maximum Gasteiger partial charge on any atom is 0.276 e. The van der Waals surface area contributed by atoms with Crippen LogP contribution in [0.25, 0.3) is 22.2 Å². The first kappa shape index (κ1) is 23.9. The number of anilines is 2. The molecule has 1 aromatic carbocycles. The van der Waals surface area contributed by atoms with Crippen LogP contribution in [0, 0.1) is 13.8 Å². The Balaban J connectivity index is 1.51. The Morgan fingerprint density at radius 1 is 0.946 bits per heavy atom. The number of hydrogen-bond acceptors (Lipinski definition) is 6. The largest absolute Gasteiger partial charge is 0.319 e. The average Bonchev–Trinajstić information content (AvgIpc) is 3.55. The van der Waals surface area contributed by atoms with Gasteiger partial charge in [-0.25, -0.2) is 4.98 Å². The zero-order valence-electron chi connectivity index (χ0n) is 21.3.